The van der Waals surface area contributed by atoms with Gasteiger partial charge in [-0.2, -0.15) is 0 Å². The maximum atomic E-state index is 3.45. The van der Waals surface area contributed by atoms with E-state index in [1.54, 1.807) is 0 Å². The second kappa shape index (κ2) is 8.11. The first-order valence-electron chi connectivity index (χ1n) is 6.93. The van der Waals surface area contributed by atoms with Gasteiger partial charge in [-0.25, -0.2) is 0 Å². The number of piperazine rings is 1. The summed E-state index contributed by atoms with van der Waals surface area (Å²) in [4.78, 5) is 2.67. The van der Waals surface area contributed by atoms with Crippen molar-refractivity contribution in [2.24, 2.45) is 5.92 Å². The first-order chi connectivity index (χ1) is 8.43. The summed E-state index contributed by atoms with van der Waals surface area (Å²) in [6.07, 6.45) is 4.27. The molecular weight excluding hydrogens is 279 g/mol. The van der Waals surface area contributed by atoms with Gasteiger partial charge < -0.3 is 5.32 Å². The third-order valence-corrected chi connectivity index (χ3v) is 4.03. The smallest absolute Gasteiger partial charge is 0.0351 e. The predicted molar refractivity (Wildman–Crippen MR) is 85.5 cm³/mol. The Balaban J connectivity index is 0.000000902. The van der Waals surface area contributed by atoms with E-state index in [9.17, 15) is 0 Å². The van der Waals surface area contributed by atoms with Crippen LogP contribution in [0.1, 0.15) is 30.9 Å². The Kier molecular flexibility index (Phi) is 7.16. The van der Waals surface area contributed by atoms with Gasteiger partial charge in [-0.3, -0.25) is 4.90 Å². The second-order valence-corrected chi connectivity index (χ2v) is 5.39. The minimum Gasteiger partial charge on any atom is -0.314 e. The minimum atomic E-state index is 0. The van der Waals surface area contributed by atoms with Gasteiger partial charge in [0.2, 0.25) is 0 Å². The Morgan fingerprint density at radius 1 is 1.05 bits per heavy atom. The fourth-order valence-electron chi connectivity index (χ4n) is 2.83. The Labute approximate surface area is 128 Å². The first kappa shape index (κ1) is 16.8. The van der Waals surface area contributed by atoms with Crippen molar-refractivity contribution < 1.29 is 0 Å². The molecule has 2 nitrogen and oxygen atoms in total. The van der Waals surface area contributed by atoms with Gasteiger partial charge in [0.1, 0.15) is 0 Å². The molecule has 1 aliphatic heterocycles. The Morgan fingerprint density at radius 2 is 1.68 bits per heavy atom. The fourth-order valence-corrected chi connectivity index (χ4v) is 2.83. The molecular formula is C15H24Cl2N2. The Morgan fingerprint density at radius 3 is 2.26 bits per heavy atom. The van der Waals surface area contributed by atoms with Crippen molar-refractivity contribution in [3.63, 3.8) is 0 Å². The Bertz CT molecular complexity index is 348. The lowest BCUT2D eigenvalue weighted by Gasteiger charge is -2.35. The monoisotopic (exact) mass is 302 g/mol. The molecule has 19 heavy (non-hydrogen) atoms. The summed E-state index contributed by atoms with van der Waals surface area (Å²) in [6, 6.07) is 11.7. The lowest BCUT2D eigenvalue weighted by molar-refractivity contribution is 0.160. The van der Waals surface area contributed by atoms with Gasteiger partial charge in [0.25, 0.3) is 0 Å². The van der Waals surface area contributed by atoms with Crippen LogP contribution in [0.4, 0.5) is 0 Å². The molecule has 2 fully saturated rings. The predicted octanol–water partition coefficient (Wildman–Crippen LogP) is 3.28. The van der Waals surface area contributed by atoms with E-state index in [-0.39, 0.29) is 24.8 Å². The molecule has 2 aliphatic rings. The highest BCUT2D eigenvalue weighted by Gasteiger charge is 2.30. The topological polar surface area (TPSA) is 15.3 Å². The molecule has 0 unspecified atom stereocenters. The molecule has 1 heterocycles. The van der Waals surface area contributed by atoms with Crippen molar-refractivity contribution in [2.45, 2.75) is 25.3 Å². The zero-order chi connectivity index (χ0) is 11.5. The van der Waals surface area contributed by atoms with E-state index in [4.69, 9.17) is 0 Å². The molecule has 0 radical (unpaired) electrons. The number of nitrogens with zero attached hydrogens (tertiary/aromatic N) is 1. The number of halogens is 2. The molecule has 1 aromatic carbocycles. The average Bonchev–Trinajstić information content (AvgIpc) is 3.22. The molecule has 0 aromatic heterocycles. The third-order valence-electron chi connectivity index (χ3n) is 4.03. The molecule has 1 N–H and O–H groups in total. The van der Waals surface area contributed by atoms with Crippen LogP contribution in [0.25, 0.3) is 0 Å². The van der Waals surface area contributed by atoms with Crippen LogP contribution in [0.2, 0.25) is 0 Å². The minimum absolute atomic E-state index is 0. The van der Waals surface area contributed by atoms with E-state index in [1.807, 2.05) is 0 Å². The van der Waals surface area contributed by atoms with Gasteiger partial charge in [-0.15, -0.1) is 24.8 Å². The number of hydrogen-bond donors (Lipinski definition) is 1. The average molecular weight is 303 g/mol. The zero-order valence-corrected chi connectivity index (χ0v) is 12.9. The number of hydrogen-bond acceptors (Lipinski definition) is 2. The standard InChI is InChI=1S/C15H22N2.2ClH/c1-2-4-14(5-3-1)15(12-13-6-7-13)17-10-8-16-9-11-17;;/h1-5,13,15-16H,6-12H2;2*1H/t15-;;/m0../s1. The van der Waals surface area contributed by atoms with Crippen molar-refractivity contribution >= 4 is 24.8 Å². The zero-order valence-electron chi connectivity index (χ0n) is 11.3. The molecule has 1 atom stereocenters. The number of nitrogens with one attached hydrogen (secondary N) is 1. The van der Waals surface area contributed by atoms with Crippen LogP contribution in [0.15, 0.2) is 30.3 Å². The second-order valence-electron chi connectivity index (χ2n) is 5.39. The number of rotatable bonds is 4. The molecule has 3 rings (SSSR count). The number of benzene rings is 1. The van der Waals surface area contributed by atoms with Crippen molar-refractivity contribution in [3.8, 4) is 0 Å². The highest BCUT2D eigenvalue weighted by molar-refractivity contribution is 5.85. The Hall–Kier alpha value is -0.280. The highest BCUT2D eigenvalue weighted by Crippen LogP contribution is 2.40. The van der Waals surface area contributed by atoms with E-state index in [0.717, 1.165) is 19.0 Å². The summed E-state index contributed by atoms with van der Waals surface area (Å²) in [7, 11) is 0. The van der Waals surface area contributed by atoms with Crippen LogP contribution in [0, 0.1) is 5.92 Å². The fraction of sp³-hybridized carbons (Fsp3) is 0.600. The summed E-state index contributed by atoms with van der Waals surface area (Å²) >= 11 is 0. The molecule has 0 amide bonds. The molecule has 1 saturated carbocycles. The van der Waals surface area contributed by atoms with Crippen LogP contribution < -0.4 is 5.32 Å². The van der Waals surface area contributed by atoms with Gasteiger partial charge in [0.05, 0.1) is 0 Å². The maximum Gasteiger partial charge on any atom is 0.0351 e. The van der Waals surface area contributed by atoms with E-state index >= 15 is 0 Å². The van der Waals surface area contributed by atoms with Crippen molar-refractivity contribution in [2.75, 3.05) is 26.2 Å². The van der Waals surface area contributed by atoms with Crippen LogP contribution in [-0.4, -0.2) is 31.1 Å². The van der Waals surface area contributed by atoms with Gasteiger partial charge >= 0.3 is 0 Å². The van der Waals surface area contributed by atoms with Crippen LogP contribution >= 0.6 is 24.8 Å². The van der Waals surface area contributed by atoms with E-state index < -0.39 is 0 Å². The molecule has 1 aromatic rings. The third kappa shape index (κ3) is 4.64. The van der Waals surface area contributed by atoms with Crippen LogP contribution in [-0.2, 0) is 0 Å². The largest absolute Gasteiger partial charge is 0.314 e. The molecule has 0 spiro atoms. The van der Waals surface area contributed by atoms with Crippen molar-refractivity contribution in [3.05, 3.63) is 35.9 Å². The summed E-state index contributed by atoms with van der Waals surface area (Å²) in [5, 5.41) is 3.45. The summed E-state index contributed by atoms with van der Waals surface area (Å²) in [5.74, 6) is 0.995. The van der Waals surface area contributed by atoms with Crippen LogP contribution in [0.3, 0.4) is 0 Å². The quantitative estimate of drug-likeness (QED) is 0.918. The van der Waals surface area contributed by atoms with Gasteiger partial charge in [-0.05, 0) is 17.9 Å². The molecule has 4 heteroatoms. The summed E-state index contributed by atoms with van der Waals surface area (Å²) in [5.41, 5.74) is 1.52. The van der Waals surface area contributed by atoms with Gasteiger partial charge in [0, 0.05) is 32.2 Å². The first-order valence-corrected chi connectivity index (χ1v) is 6.93. The van der Waals surface area contributed by atoms with E-state index in [0.29, 0.717) is 6.04 Å². The molecule has 0 bridgehead atoms. The normalized spacial score (nSPS) is 21.1. The maximum absolute atomic E-state index is 3.45. The van der Waals surface area contributed by atoms with E-state index in [2.05, 4.69) is 40.5 Å². The summed E-state index contributed by atoms with van der Waals surface area (Å²) in [6.45, 7) is 4.70. The molecule has 1 aliphatic carbocycles. The lowest BCUT2D eigenvalue weighted by Crippen LogP contribution is -2.45. The van der Waals surface area contributed by atoms with Crippen molar-refractivity contribution in [1.29, 1.82) is 0 Å². The van der Waals surface area contributed by atoms with Gasteiger partial charge in [-0.1, -0.05) is 43.2 Å². The van der Waals surface area contributed by atoms with Crippen molar-refractivity contribution in [1.82, 2.24) is 10.2 Å². The van der Waals surface area contributed by atoms with Crippen LogP contribution in [0.5, 0.6) is 0 Å². The highest BCUT2D eigenvalue weighted by atomic mass is 35.5. The van der Waals surface area contributed by atoms with E-state index in [1.165, 1.54) is 37.9 Å². The lowest BCUT2D eigenvalue weighted by atomic mass is 9.99. The molecule has 108 valence electrons. The summed E-state index contributed by atoms with van der Waals surface area (Å²) < 4.78 is 0. The molecule has 1 saturated heterocycles. The van der Waals surface area contributed by atoms with Gasteiger partial charge in [0.15, 0.2) is 0 Å². The SMILES string of the molecule is Cl.Cl.c1ccc([C@H](CC2CC2)N2CCNCC2)cc1.